The van der Waals surface area contributed by atoms with Gasteiger partial charge >= 0.3 is 0 Å². The zero-order chi connectivity index (χ0) is 15.5. The van der Waals surface area contributed by atoms with Crippen molar-refractivity contribution in [3.63, 3.8) is 0 Å². The lowest BCUT2D eigenvalue weighted by Crippen LogP contribution is -2.42. The van der Waals surface area contributed by atoms with Crippen LogP contribution >= 0.6 is 0 Å². The van der Waals surface area contributed by atoms with Crippen molar-refractivity contribution in [1.29, 1.82) is 0 Å². The van der Waals surface area contributed by atoms with Crippen molar-refractivity contribution in [1.82, 2.24) is 4.90 Å². The molecule has 1 aromatic rings. The minimum Gasteiger partial charge on any atom is -0.378 e. The molecule has 1 saturated heterocycles. The van der Waals surface area contributed by atoms with Crippen molar-refractivity contribution in [2.24, 2.45) is 0 Å². The Morgan fingerprint density at radius 2 is 2.00 bits per heavy atom. The summed E-state index contributed by atoms with van der Waals surface area (Å²) in [5, 5.41) is 14.1. The average Bonchev–Trinajstić information content (AvgIpc) is 2.42. The van der Waals surface area contributed by atoms with Crippen molar-refractivity contribution in [2.45, 2.75) is 6.92 Å². The normalized spacial score (nSPS) is 18.3. The lowest BCUT2D eigenvalue weighted by atomic mass is 10.2. The molecule has 1 aliphatic heterocycles. The molecule has 1 aliphatic rings. The minimum absolute atomic E-state index is 0.0659. The van der Waals surface area contributed by atoms with E-state index in [0.717, 1.165) is 5.56 Å². The van der Waals surface area contributed by atoms with E-state index in [2.05, 4.69) is 5.32 Å². The van der Waals surface area contributed by atoms with Crippen LogP contribution in [0.25, 0.3) is 0 Å². The highest BCUT2D eigenvalue weighted by Crippen LogP contribution is 2.24. The molecule has 0 aromatic heterocycles. The van der Waals surface area contributed by atoms with E-state index in [9.17, 15) is 18.5 Å². The van der Waals surface area contributed by atoms with Crippen LogP contribution in [-0.4, -0.2) is 55.9 Å². The number of hydrogen-bond acceptors (Lipinski definition) is 6. The molecule has 1 heterocycles. The molecular weight excluding hydrogens is 294 g/mol. The number of aryl methyl sites for hydroxylation is 1. The largest absolute Gasteiger partial charge is 0.378 e. The molecule has 0 atom stereocenters. The molecule has 0 unspecified atom stereocenters. The number of nitro benzene ring substituents is 1. The van der Waals surface area contributed by atoms with Crippen LogP contribution in [0, 0.1) is 17.0 Å². The highest BCUT2D eigenvalue weighted by atomic mass is 32.2. The Kier molecular flexibility index (Phi) is 4.79. The lowest BCUT2D eigenvalue weighted by molar-refractivity contribution is -0.384. The molecule has 21 heavy (non-hydrogen) atoms. The van der Waals surface area contributed by atoms with Gasteiger partial charge in [-0.05, 0) is 18.6 Å². The van der Waals surface area contributed by atoms with Gasteiger partial charge in [-0.3, -0.25) is 15.0 Å². The summed E-state index contributed by atoms with van der Waals surface area (Å²) in [7, 11) is -2.87. The quantitative estimate of drug-likeness (QED) is 0.645. The smallest absolute Gasteiger partial charge is 0.292 e. The van der Waals surface area contributed by atoms with Gasteiger partial charge in [0, 0.05) is 32.2 Å². The second kappa shape index (κ2) is 6.40. The zero-order valence-electron chi connectivity index (χ0n) is 11.9. The van der Waals surface area contributed by atoms with Gasteiger partial charge in [-0.1, -0.05) is 6.07 Å². The van der Waals surface area contributed by atoms with Crippen molar-refractivity contribution in [3.05, 3.63) is 33.9 Å². The maximum atomic E-state index is 11.3. The highest BCUT2D eigenvalue weighted by Gasteiger charge is 2.21. The van der Waals surface area contributed by atoms with Crippen molar-refractivity contribution in [3.8, 4) is 0 Å². The number of nitrogens with zero attached hydrogens (tertiary/aromatic N) is 2. The second-order valence-electron chi connectivity index (χ2n) is 5.20. The predicted molar refractivity (Wildman–Crippen MR) is 81.4 cm³/mol. The molecule has 0 aliphatic carbocycles. The van der Waals surface area contributed by atoms with Crippen molar-refractivity contribution >= 4 is 21.2 Å². The van der Waals surface area contributed by atoms with E-state index in [1.807, 2.05) is 17.9 Å². The Hall–Kier alpha value is -1.67. The molecular formula is C13H19N3O4S. The average molecular weight is 313 g/mol. The third-order valence-electron chi connectivity index (χ3n) is 3.53. The first-order chi connectivity index (χ1) is 9.87. The van der Waals surface area contributed by atoms with Crippen LogP contribution in [0.2, 0.25) is 0 Å². The molecule has 0 radical (unpaired) electrons. The van der Waals surface area contributed by atoms with E-state index in [0.29, 0.717) is 31.9 Å². The zero-order valence-corrected chi connectivity index (χ0v) is 12.7. The Balaban J connectivity index is 1.88. The number of benzene rings is 1. The Morgan fingerprint density at radius 1 is 1.33 bits per heavy atom. The van der Waals surface area contributed by atoms with E-state index in [-0.39, 0.29) is 17.2 Å². The summed E-state index contributed by atoms with van der Waals surface area (Å²) in [6, 6.07) is 5.06. The van der Waals surface area contributed by atoms with Crippen LogP contribution in [0.4, 0.5) is 11.4 Å². The van der Waals surface area contributed by atoms with Crippen molar-refractivity contribution < 1.29 is 13.3 Å². The van der Waals surface area contributed by atoms with Gasteiger partial charge in [-0.25, -0.2) is 8.42 Å². The molecule has 2 rings (SSSR count). The topological polar surface area (TPSA) is 92.6 Å². The van der Waals surface area contributed by atoms with Crippen molar-refractivity contribution in [2.75, 3.05) is 43.0 Å². The number of hydrogen-bond donors (Lipinski definition) is 1. The predicted octanol–water partition coefficient (Wildman–Crippen LogP) is 1.05. The molecule has 7 nitrogen and oxygen atoms in total. The number of nitrogens with one attached hydrogen (secondary N) is 1. The standard InChI is InChI=1S/C13H19N3O4S/c1-11-2-3-12(13(10-11)16(17)18)14-4-5-15-6-8-21(19,20)9-7-15/h2-3,10,14H,4-9H2,1H3. The summed E-state index contributed by atoms with van der Waals surface area (Å²) in [6.07, 6.45) is 0. The fourth-order valence-electron chi connectivity index (χ4n) is 2.26. The monoisotopic (exact) mass is 313 g/mol. The summed E-state index contributed by atoms with van der Waals surface area (Å²) >= 11 is 0. The van der Waals surface area contributed by atoms with Gasteiger partial charge in [0.2, 0.25) is 0 Å². The summed E-state index contributed by atoms with van der Waals surface area (Å²) in [5.41, 5.74) is 1.40. The van der Waals surface area contributed by atoms with E-state index in [1.54, 1.807) is 6.07 Å². The molecule has 116 valence electrons. The van der Waals surface area contributed by atoms with Crippen LogP contribution in [0.1, 0.15) is 5.56 Å². The van der Waals surface area contributed by atoms with Gasteiger partial charge in [0.05, 0.1) is 16.4 Å². The SMILES string of the molecule is Cc1ccc(NCCN2CCS(=O)(=O)CC2)c([N+](=O)[O-])c1. The molecule has 1 fully saturated rings. The molecule has 1 N–H and O–H groups in total. The van der Waals surface area contributed by atoms with Gasteiger partial charge in [-0.15, -0.1) is 0 Å². The van der Waals surface area contributed by atoms with Crippen LogP contribution in [-0.2, 0) is 9.84 Å². The van der Waals surface area contributed by atoms with E-state index in [1.165, 1.54) is 6.07 Å². The number of anilines is 1. The van der Waals surface area contributed by atoms with E-state index in [4.69, 9.17) is 0 Å². The summed E-state index contributed by atoms with van der Waals surface area (Å²) in [6.45, 7) is 4.08. The van der Waals surface area contributed by atoms with Crippen LogP contribution in [0.5, 0.6) is 0 Å². The Bertz CT molecular complexity index is 616. The third kappa shape index (κ3) is 4.40. The fourth-order valence-corrected chi connectivity index (χ4v) is 3.54. The van der Waals surface area contributed by atoms with Gasteiger partial charge in [0.15, 0.2) is 9.84 Å². The third-order valence-corrected chi connectivity index (χ3v) is 5.14. The second-order valence-corrected chi connectivity index (χ2v) is 7.50. The fraction of sp³-hybridized carbons (Fsp3) is 0.538. The van der Waals surface area contributed by atoms with Gasteiger partial charge < -0.3 is 5.32 Å². The Labute approximate surface area is 124 Å². The molecule has 1 aromatic carbocycles. The summed E-state index contributed by atoms with van der Waals surface area (Å²) in [4.78, 5) is 12.6. The number of sulfone groups is 1. The minimum atomic E-state index is -2.87. The van der Waals surface area contributed by atoms with Gasteiger partial charge in [0.25, 0.3) is 5.69 Å². The first kappa shape index (κ1) is 15.7. The number of rotatable bonds is 5. The van der Waals surface area contributed by atoms with Gasteiger partial charge in [0.1, 0.15) is 5.69 Å². The Morgan fingerprint density at radius 3 is 2.62 bits per heavy atom. The molecule has 8 heteroatoms. The lowest BCUT2D eigenvalue weighted by Gasteiger charge is -2.26. The highest BCUT2D eigenvalue weighted by molar-refractivity contribution is 7.91. The number of nitro groups is 1. The first-order valence-electron chi connectivity index (χ1n) is 6.79. The van der Waals surface area contributed by atoms with E-state index < -0.39 is 14.8 Å². The van der Waals surface area contributed by atoms with Crippen LogP contribution < -0.4 is 5.32 Å². The molecule has 0 spiro atoms. The molecule has 0 amide bonds. The maximum Gasteiger partial charge on any atom is 0.292 e. The first-order valence-corrected chi connectivity index (χ1v) is 8.61. The molecule has 0 bridgehead atoms. The maximum absolute atomic E-state index is 11.3. The van der Waals surface area contributed by atoms with Gasteiger partial charge in [-0.2, -0.15) is 0 Å². The molecule has 0 saturated carbocycles. The summed E-state index contributed by atoms with van der Waals surface area (Å²) in [5.74, 6) is 0.384. The van der Waals surface area contributed by atoms with Crippen LogP contribution in [0.3, 0.4) is 0 Å². The van der Waals surface area contributed by atoms with Crippen LogP contribution in [0.15, 0.2) is 18.2 Å². The summed E-state index contributed by atoms with van der Waals surface area (Å²) < 4.78 is 22.7. The van der Waals surface area contributed by atoms with E-state index >= 15 is 0 Å².